The van der Waals surface area contributed by atoms with Crippen LogP contribution in [0.1, 0.15) is 18.2 Å². The van der Waals surface area contributed by atoms with Gasteiger partial charge in [-0.05, 0) is 25.1 Å². The second kappa shape index (κ2) is 4.91. The zero-order valence-corrected chi connectivity index (χ0v) is 7.97. The summed E-state index contributed by atoms with van der Waals surface area (Å²) in [6.45, 7) is 0.201. The minimum Gasteiger partial charge on any atom is -0.497 e. The Morgan fingerprint density at radius 2 is 2.21 bits per heavy atom. The minimum atomic E-state index is -1.34. The Morgan fingerprint density at radius 1 is 1.50 bits per heavy atom. The fourth-order valence-electron chi connectivity index (χ4n) is 1.19. The van der Waals surface area contributed by atoms with E-state index in [0.717, 1.165) is 0 Å². The summed E-state index contributed by atoms with van der Waals surface area (Å²) in [7, 11) is 1.43. The molecule has 78 valence electrons. The largest absolute Gasteiger partial charge is 0.497 e. The third kappa shape index (κ3) is 2.42. The number of hydrogen-bond acceptors (Lipinski definition) is 2. The summed E-state index contributed by atoms with van der Waals surface area (Å²) < 4.78 is 31.3. The molecule has 1 aromatic carbocycles. The summed E-state index contributed by atoms with van der Waals surface area (Å²) in [4.78, 5) is 0. The van der Waals surface area contributed by atoms with Crippen molar-refractivity contribution in [1.82, 2.24) is 0 Å². The lowest BCUT2D eigenvalue weighted by Crippen LogP contribution is -2.05. The predicted octanol–water partition coefficient (Wildman–Crippen LogP) is 2.19. The monoisotopic (exact) mass is 201 g/mol. The Labute approximate surface area is 81.7 Å². The first-order valence-electron chi connectivity index (χ1n) is 4.36. The van der Waals surface area contributed by atoms with E-state index in [2.05, 4.69) is 0 Å². The molecule has 0 spiro atoms. The van der Waals surface area contributed by atoms with Gasteiger partial charge >= 0.3 is 0 Å². The molecule has 1 aromatic rings. The van der Waals surface area contributed by atoms with E-state index in [9.17, 15) is 8.78 Å². The summed E-state index contributed by atoms with van der Waals surface area (Å²) in [5.74, 6) is -0.212. The van der Waals surface area contributed by atoms with Crippen LogP contribution >= 0.6 is 0 Å². The number of hydrogen-bond donors (Lipinski definition) is 1. The van der Waals surface area contributed by atoms with E-state index in [0.29, 0.717) is 5.75 Å². The molecule has 0 aromatic heterocycles. The summed E-state index contributed by atoms with van der Waals surface area (Å²) in [6, 6.07) is 4.08. The molecule has 1 unspecified atom stereocenters. The maximum atomic E-state index is 13.3. The molecule has 0 heterocycles. The van der Waals surface area contributed by atoms with E-state index >= 15 is 0 Å². The molecule has 0 fully saturated rings. The SMILES string of the molecule is COc1ccc(C(F)CCN)c(F)c1. The van der Waals surface area contributed by atoms with E-state index in [1.807, 2.05) is 0 Å². The standard InChI is InChI=1S/C10H13F2NO/c1-14-7-2-3-8(10(12)6-7)9(11)4-5-13/h2-3,6,9H,4-5,13H2,1H3. The average molecular weight is 201 g/mol. The van der Waals surface area contributed by atoms with Gasteiger partial charge in [-0.1, -0.05) is 0 Å². The van der Waals surface area contributed by atoms with Crippen molar-refractivity contribution in [3.05, 3.63) is 29.6 Å². The highest BCUT2D eigenvalue weighted by atomic mass is 19.1. The van der Waals surface area contributed by atoms with Gasteiger partial charge in [0.15, 0.2) is 0 Å². The predicted molar refractivity (Wildman–Crippen MR) is 50.5 cm³/mol. The number of rotatable bonds is 4. The summed E-state index contributed by atoms with van der Waals surface area (Å²) in [6.07, 6.45) is -1.21. The van der Waals surface area contributed by atoms with Gasteiger partial charge in [-0.2, -0.15) is 0 Å². The van der Waals surface area contributed by atoms with Crippen molar-refractivity contribution < 1.29 is 13.5 Å². The second-order valence-electron chi connectivity index (χ2n) is 2.93. The highest BCUT2D eigenvalue weighted by molar-refractivity contribution is 5.30. The molecule has 0 saturated heterocycles. The number of alkyl halides is 1. The fourth-order valence-corrected chi connectivity index (χ4v) is 1.19. The second-order valence-corrected chi connectivity index (χ2v) is 2.93. The van der Waals surface area contributed by atoms with Crippen LogP contribution in [0.15, 0.2) is 18.2 Å². The fraction of sp³-hybridized carbons (Fsp3) is 0.400. The number of methoxy groups -OCH3 is 1. The first-order valence-corrected chi connectivity index (χ1v) is 4.36. The third-order valence-corrected chi connectivity index (χ3v) is 1.97. The molecule has 0 bridgehead atoms. The quantitative estimate of drug-likeness (QED) is 0.810. The molecular formula is C10H13F2NO. The first kappa shape index (κ1) is 10.9. The molecule has 0 aliphatic rings. The van der Waals surface area contributed by atoms with Crippen LogP contribution in [-0.4, -0.2) is 13.7 Å². The van der Waals surface area contributed by atoms with E-state index in [1.54, 1.807) is 0 Å². The van der Waals surface area contributed by atoms with Crippen LogP contribution < -0.4 is 10.5 Å². The van der Waals surface area contributed by atoms with Crippen LogP contribution in [0.25, 0.3) is 0 Å². The molecule has 0 amide bonds. The summed E-state index contributed by atoms with van der Waals surface area (Å²) >= 11 is 0. The van der Waals surface area contributed by atoms with Crippen molar-refractivity contribution in [2.45, 2.75) is 12.6 Å². The van der Waals surface area contributed by atoms with Crippen molar-refractivity contribution in [1.29, 1.82) is 0 Å². The van der Waals surface area contributed by atoms with Crippen LogP contribution in [0.3, 0.4) is 0 Å². The Bertz CT molecular complexity index is 304. The van der Waals surface area contributed by atoms with E-state index < -0.39 is 12.0 Å². The first-order chi connectivity index (χ1) is 6.69. The number of halogens is 2. The maximum absolute atomic E-state index is 13.3. The zero-order valence-electron chi connectivity index (χ0n) is 7.97. The van der Waals surface area contributed by atoms with Gasteiger partial charge in [-0.25, -0.2) is 8.78 Å². The van der Waals surface area contributed by atoms with E-state index in [-0.39, 0.29) is 18.5 Å². The van der Waals surface area contributed by atoms with Gasteiger partial charge in [0, 0.05) is 11.6 Å². The van der Waals surface area contributed by atoms with Crippen molar-refractivity contribution in [2.75, 3.05) is 13.7 Å². The Balaban J connectivity index is 2.88. The molecule has 1 rings (SSSR count). The lowest BCUT2D eigenvalue weighted by molar-refractivity contribution is 0.316. The van der Waals surface area contributed by atoms with E-state index in [4.69, 9.17) is 10.5 Å². The molecule has 0 saturated carbocycles. The van der Waals surface area contributed by atoms with Gasteiger partial charge in [0.1, 0.15) is 17.7 Å². The van der Waals surface area contributed by atoms with Crippen molar-refractivity contribution in [3.63, 3.8) is 0 Å². The van der Waals surface area contributed by atoms with Gasteiger partial charge in [-0.3, -0.25) is 0 Å². The average Bonchev–Trinajstić information content (AvgIpc) is 2.17. The van der Waals surface area contributed by atoms with Crippen molar-refractivity contribution in [3.8, 4) is 5.75 Å². The van der Waals surface area contributed by atoms with Crippen LogP contribution in [0.5, 0.6) is 5.75 Å². The van der Waals surface area contributed by atoms with Crippen LogP contribution in [0, 0.1) is 5.82 Å². The zero-order chi connectivity index (χ0) is 10.6. The van der Waals surface area contributed by atoms with Crippen LogP contribution in [-0.2, 0) is 0 Å². The lowest BCUT2D eigenvalue weighted by Gasteiger charge is -2.09. The highest BCUT2D eigenvalue weighted by Crippen LogP contribution is 2.26. The molecule has 1 atom stereocenters. The molecule has 0 radical (unpaired) electrons. The van der Waals surface area contributed by atoms with Gasteiger partial charge in [-0.15, -0.1) is 0 Å². The Kier molecular flexibility index (Phi) is 3.83. The summed E-state index contributed by atoms with van der Waals surface area (Å²) in [5, 5.41) is 0. The smallest absolute Gasteiger partial charge is 0.133 e. The molecule has 4 heteroatoms. The van der Waals surface area contributed by atoms with Crippen LogP contribution in [0.2, 0.25) is 0 Å². The normalized spacial score (nSPS) is 12.6. The number of nitrogens with two attached hydrogens (primary N) is 1. The van der Waals surface area contributed by atoms with Gasteiger partial charge in [0.2, 0.25) is 0 Å². The van der Waals surface area contributed by atoms with Crippen molar-refractivity contribution >= 4 is 0 Å². The van der Waals surface area contributed by atoms with Gasteiger partial charge < -0.3 is 10.5 Å². The number of benzene rings is 1. The number of ether oxygens (including phenoxy) is 1. The van der Waals surface area contributed by atoms with Crippen LogP contribution in [0.4, 0.5) is 8.78 Å². The molecule has 0 aliphatic carbocycles. The van der Waals surface area contributed by atoms with E-state index in [1.165, 1.54) is 25.3 Å². The molecular weight excluding hydrogens is 188 g/mol. The molecule has 0 aliphatic heterocycles. The third-order valence-electron chi connectivity index (χ3n) is 1.97. The minimum absolute atomic E-state index is 0.0382. The van der Waals surface area contributed by atoms with Gasteiger partial charge in [0.05, 0.1) is 7.11 Å². The Morgan fingerprint density at radius 3 is 2.71 bits per heavy atom. The molecule has 14 heavy (non-hydrogen) atoms. The maximum Gasteiger partial charge on any atom is 0.133 e. The topological polar surface area (TPSA) is 35.2 Å². The molecule has 2 N–H and O–H groups in total. The highest BCUT2D eigenvalue weighted by Gasteiger charge is 2.14. The van der Waals surface area contributed by atoms with Gasteiger partial charge in [0.25, 0.3) is 0 Å². The summed E-state index contributed by atoms with van der Waals surface area (Å²) in [5.41, 5.74) is 5.22. The Hall–Kier alpha value is -1.16. The lowest BCUT2D eigenvalue weighted by atomic mass is 10.1. The van der Waals surface area contributed by atoms with Crippen molar-refractivity contribution in [2.24, 2.45) is 5.73 Å². The molecule has 2 nitrogen and oxygen atoms in total.